The Bertz CT molecular complexity index is 1470. The zero-order valence-electron chi connectivity index (χ0n) is 19.1. The minimum absolute atomic E-state index is 0.0238. The molecule has 0 fully saturated rings. The van der Waals surface area contributed by atoms with E-state index < -0.39 is 0 Å². The van der Waals surface area contributed by atoms with Gasteiger partial charge in [0.1, 0.15) is 6.54 Å². The Morgan fingerprint density at radius 3 is 2.68 bits per heavy atom. The third-order valence-electron chi connectivity index (χ3n) is 6.85. The van der Waals surface area contributed by atoms with E-state index >= 15 is 0 Å². The van der Waals surface area contributed by atoms with Crippen molar-refractivity contribution < 1.29 is 4.79 Å². The first-order chi connectivity index (χ1) is 16.6. The fourth-order valence-electron chi connectivity index (χ4n) is 5.20. The smallest absolute Gasteiger partial charge is 0.348 e. The van der Waals surface area contributed by atoms with Gasteiger partial charge in [0.05, 0.1) is 6.04 Å². The summed E-state index contributed by atoms with van der Waals surface area (Å²) < 4.78 is 2.77. The maximum Gasteiger partial charge on any atom is 0.353 e. The number of aryl methyl sites for hydroxylation is 2. The Labute approximate surface area is 196 Å². The van der Waals surface area contributed by atoms with E-state index in [4.69, 9.17) is 4.98 Å². The third kappa shape index (κ3) is 3.55. The van der Waals surface area contributed by atoms with Crippen LogP contribution in [0.5, 0.6) is 0 Å². The van der Waals surface area contributed by atoms with E-state index in [0.717, 1.165) is 37.1 Å². The van der Waals surface area contributed by atoms with Gasteiger partial charge in [-0.3, -0.25) is 4.79 Å². The molecule has 2 aromatic heterocycles. The van der Waals surface area contributed by atoms with Crippen LogP contribution in [0.25, 0.3) is 5.65 Å². The van der Waals surface area contributed by atoms with Crippen LogP contribution in [0.3, 0.4) is 0 Å². The molecule has 6 rings (SSSR count). The van der Waals surface area contributed by atoms with Gasteiger partial charge in [-0.25, -0.2) is 18.9 Å². The van der Waals surface area contributed by atoms with Crippen molar-refractivity contribution in [1.82, 2.24) is 24.5 Å². The molecule has 1 atom stereocenters. The van der Waals surface area contributed by atoms with Crippen LogP contribution in [0.1, 0.15) is 40.4 Å². The fourth-order valence-corrected chi connectivity index (χ4v) is 5.20. The van der Waals surface area contributed by atoms with Crippen molar-refractivity contribution in [1.29, 1.82) is 0 Å². The van der Waals surface area contributed by atoms with Crippen molar-refractivity contribution in [3.05, 3.63) is 93.0 Å². The van der Waals surface area contributed by atoms with E-state index in [1.54, 1.807) is 6.07 Å². The van der Waals surface area contributed by atoms with Gasteiger partial charge < -0.3 is 10.2 Å². The molecule has 0 saturated heterocycles. The van der Waals surface area contributed by atoms with Crippen molar-refractivity contribution in [2.45, 2.75) is 45.3 Å². The average Bonchev–Trinajstić information content (AvgIpc) is 3.38. The minimum Gasteiger partial charge on any atom is -0.348 e. The summed E-state index contributed by atoms with van der Waals surface area (Å²) >= 11 is 0. The monoisotopic (exact) mass is 454 g/mol. The summed E-state index contributed by atoms with van der Waals surface area (Å²) in [6.45, 7) is 3.22. The van der Waals surface area contributed by atoms with Crippen LogP contribution in [0, 0.1) is 6.92 Å². The second-order valence-electron chi connectivity index (χ2n) is 9.13. The lowest BCUT2D eigenvalue weighted by Gasteiger charge is -2.29. The lowest BCUT2D eigenvalue weighted by atomic mass is 10.0. The van der Waals surface area contributed by atoms with E-state index in [-0.39, 0.29) is 24.2 Å². The highest BCUT2D eigenvalue weighted by atomic mass is 16.2. The standard InChI is InChI=1S/C26H26N6O2/c1-17-14-23-29-31(16-24(33)28-22-11-10-19-7-4-5-9-21(19)22)26(34)32(23)25(27-17)30-13-12-18-6-2-3-8-20(18)15-30/h2-9,14,22H,10-13,15-16H2,1H3,(H,28,33)/t22-/m1/s1. The molecule has 34 heavy (non-hydrogen) atoms. The summed E-state index contributed by atoms with van der Waals surface area (Å²) in [5.74, 6) is 0.358. The number of carbonyl (C=O) groups is 1. The number of hydrogen-bond donors (Lipinski definition) is 1. The number of carbonyl (C=O) groups excluding carboxylic acids is 1. The number of anilines is 1. The molecule has 1 amide bonds. The molecule has 8 heteroatoms. The second-order valence-corrected chi connectivity index (χ2v) is 9.13. The van der Waals surface area contributed by atoms with Crippen molar-refractivity contribution in [2.24, 2.45) is 0 Å². The summed E-state index contributed by atoms with van der Waals surface area (Å²) in [5, 5.41) is 7.55. The summed E-state index contributed by atoms with van der Waals surface area (Å²) in [5.41, 5.74) is 5.93. The van der Waals surface area contributed by atoms with E-state index in [9.17, 15) is 9.59 Å². The summed E-state index contributed by atoms with van der Waals surface area (Å²) in [6.07, 6.45) is 2.71. The molecular weight excluding hydrogens is 428 g/mol. The zero-order valence-corrected chi connectivity index (χ0v) is 19.1. The largest absolute Gasteiger partial charge is 0.353 e. The van der Waals surface area contributed by atoms with Crippen LogP contribution in [0.15, 0.2) is 59.4 Å². The van der Waals surface area contributed by atoms with Crippen LogP contribution in [0.2, 0.25) is 0 Å². The van der Waals surface area contributed by atoms with Crippen molar-refractivity contribution in [2.75, 3.05) is 11.4 Å². The van der Waals surface area contributed by atoms with Gasteiger partial charge >= 0.3 is 5.69 Å². The molecule has 172 valence electrons. The number of aromatic nitrogens is 4. The Balaban J connectivity index is 1.28. The highest BCUT2D eigenvalue weighted by Crippen LogP contribution is 2.30. The van der Waals surface area contributed by atoms with Gasteiger partial charge in [0, 0.05) is 24.8 Å². The molecule has 2 aliphatic rings. The van der Waals surface area contributed by atoms with Gasteiger partial charge in [-0.15, -0.1) is 5.10 Å². The maximum atomic E-state index is 13.3. The van der Waals surface area contributed by atoms with Crippen LogP contribution in [-0.4, -0.2) is 31.6 Å². The zero-order chi connectivity index (χ0) is 23.2. The van der Waals surface area contributed by atoms with Crippen LogP contribution >= 0.6 is 0 Å². The quantitative estimate of drug-likeness (QED) is 0.512. The molecule has 8 nitrogen and oxygen atoms in total. The van der Waals surface area contributed by atoms with Crippen molar-refractivity contribution in [3.63, 3.8) is 0 Å². The van der Waals surface area contributed by atoms with Crippen LogP contribution in [0.4, 0.5) is 5.95 Å². The van der Waals surface area contributed by atoms with E-state index in [0.29, 0.717) is 18.1 Å². The predicted octanol–water partition coefficient (Wildman–Crippen LogP) is 2.57. The highest BCUT2D eigenvalue weighted by Gasteiger charge is 2.25. The first kappa shape index (κ1) is 20.7. The van der Waals surface area contributed by atoms with E-state index in [1.165, 1.54) is 25.8 Å². The number of fused-ring (bicyclic) bond motifs is 3. The van der Waals surface area contributed by atoms with Crippen molar-refractivity contribution >= 4 is 17.5 Å². The number of rotatable bonds is 4. The van der Waals surface area contributed by atoms with Crippen LogP contribution < -0.4 is 15.9 Å². The van der Waals surface area contributed by atoms with E-state index in [1.807, 2.05) is 25.1 Å². The summed E-state index contributed by atoms with van der Waals surface area (Å²) in [4.78, 5) is 33.0. The van der Waals surface area contributed by atoms with E-state index in [2.05, 4.69) is 45.6 Å². The van der Waals surface area contributed by atoms with Gasteiger partial charge in [-0.2, -0.15) is 0 Å². The second kappa shape index (κ2) is 8.13. The molecule has 0 unspecified atom stereocenters. The Kier molecular flexibility index (Phi) is 4.94. The van der Waals surface area contributed by atoms with Crippen LogP contribution in [-0.2, 0) is 30.7 Å². The fraction of sp³-hybridized carbons (Fsp3) is 0.308. The molecule has 0 saturated carbocycles. The summed E-state index contributed by atoms with van der Waals surface area (Å²) in [7, 11) is 0. The first-order valence-corrected chi connectivity index (χ1v) is 11.7. The van der Waals surface area contributed by atoms with Crippen molar-refractivity contribution in [3.8, 4) is 0 Å². The van der Waals surface area contributed by atoms with Gasteiger partial charge in [0.2, 0.25) is 11.9 Å². The molecule has 0 spiro atoms. The number of hydrogen-bond acceptors (Lipinski definition) is 5. The lowest BCUT2D eigenvalue weighted by molar-refractivity contribution is -0.122. The predicted molar refractivity (Wildman–Crippen MR) is 129 cm³/mol. The Morgan fingerprint density at radius 1 is 1.06 bits per heavy atom. The Morgan fingerprint density at radius 2 is 1.82 bits per heavy atom. The molecule has 2 aromatic carbocycles. The summed E-state index contributed by atoms with van der Waals surface area (Å²) in [6, 6.07) is 18.3. The molecule has 0 bridgehead atoms. The Hall–Kier alpha value is -3.94. The molecule has 1 N–H and O–H groups in total. The molecule has 1 aliphatic carbocycles. The number of nitrogens with one attached hydrogen (secondary N) is 1. The topological polar surface area (TPSA) is 84.5 Å². The first-order valence-electron chi connectivity index (χ1n) is 11.7. The van der Waals surface area contributed by atoms with Gasteiger partial charge in [-0.1, -0.05) is 48.5 Å². The van der Waals surface area contributed by atoms with Gasteiger partial charge in [0.15, 0.2) is 5.65 Å². The van der Waals surface area contributed by atoms with Gasteiger partial charge in [0.25, 0.3) is 0 Å². The number of nitrogens with zero attached hydrogens (tertiary/aromatic N) is 5. The average molecular weight is 455 g/mol. The molecule has 3 heterocycles. The maximum absolute atomic E-state index is 13.3. The molecular formula is C26H26N6O2. The van der Waals surface area contributed by atoms with Gasteiger partial charge in [-0.05, 0) is 48.4 Å². The number of benzene rings is 2. The molecule has 4 aromatic rings. The normalized spacial score (nSPS) is 17.0. The lowest BCUT2D eigenvalue weighted by Crippen LogP contribution is -2.36. The highest BCUT2D eigenvalue weighted by molar-refractivity contribution is 5.76. The SMILES string of the molecule is Cc1cc2nn(CC(=O)N[C@@H]3CCc4ccccc43)c(=O)n2c(N2CCc3ccccc3C2)n1. The molecule has 1 aliphatic heterocycles. The molecule has 0 radical (unpaired) electrons. The minimum atomic E-state index is -0.349. The third-order valence-corrected chi connectivity index (χ3v) is 6.85. The number of amides is 1.